The summed E-state index contributed by atoms with van der Waals surface area (Å²) in [5.74, 6) is 0.934. The summed E-state index contributed by atoms with van der Waals surface area (Å²) in [5.41, 5.74) is 0.895. The summed E-state index contributed by atoms with van der Waals surface area (Å²) in [4.78, 5) is 0.213. The molecule has 120 valence electrons. The molecule has 4 nitrogen and oxygen atoms in total. The maximum atomic E-state index is 12.1. The monoisotopic (exact) mass is 350 g/mol. The Labute approximate surface area is 137 Å². The van der Waals surface area contributed by atoms with Gasteiger partial charge in [-0.1, -0.05) is 31.5 Å². The lowest BCUT2D eigenvalue weighted by atomic mass is 10.2. The highest BCUT2D eigenvalue weighted by Crippen LogP contribution is 2.21. The van der Waals surface area contributed by atoms with Gasteiger partial charge in [0.15, 0.2) is 0 Å². The third-order valence-corrected chi connectivity index (χ3v) is 5.36. The van der Waals surface area contributed by atoms with E-state index >= 15 is 0 Å². The van der Waals surface area contributed by atoms with E-state index in [4.69, 9.17) is 11.6 Å². The number of sulfonamides is 1. The average Bonchev–Trinajstić information content (AvgIpc) is 2.42. The fraction of sp³-hybridized carbons (Fsp3) is 0.571. The van der Waals surface area contributed by atoms with Crippen molar-refractivity contribution in [1.29, 1.82) is 0 Å². The molecule has 1 rings (SSSR count). The van der Waals surface area contributed by atoms with Crippen molar-refractivity contribution in [2.24, 2.45) is 0 Å². The van der Waals surface area contributed by atoms with Crippen LogP contribution in [-0.2, 0) is 16.6 Å². The first-order valence-corrected chi connectivity index (χ1v) is 10.1. The Kier molecular flexibility index (Phi) is 8.05. The van der Waals surface area contributed by atoms with Crippen LogP contribution in [-0.4, -0.2) is 33.0 Å². The van der Waals surface area contributed by atoms with E-state index in [0.29, 0.717) is 24.2 Å². The van der Waals surface area contributed by atoms with E-state index in [2.05, 4.69) is 10.0 Å². The molecule has 0 aliphatic carbocycles. The fourth-order valence-corrected chi connectivity index (χ4v) is 3.50. The van der Waals surface area contributed by atoms with Gasteiger partial charge in [0.2, 0.25) is 10.0 Å². The van der Waals surface area contributed by atoms with Crippen molar-refractivity contribution in [3.8, 4) is 0 Å². The molecule has 0 atom stereocenters. The Morgan fingerprint density at radius 3 is 2.62 bits per heavy atom. The molecule has 0 heterocycles. The zero-order chi connectivity index (χ0) is 15.9. The van der Waals surface area contributed by atoms with Gasteiger partial charge in [-0.05, 0) is 36.1 Å². The van der Waals surface area contributed by atoms with E-state index in [0.717, 1.165) is 17.7 Å². The lowest BCUT2D eigenvalue weighted by molar-refractivity contribution is 0.580. The molecule has 2 N–H and O–H groups in total. The van der Waals surface area contributed by atoms with Crippen LogP contribution in [0.2, 0.25) is 5.02 Å². The highest BCUT2D eigenvalue weighted by Gasteiger charge is 2.15. The van der Waals surface area contributed by atoms with Crippen molar-refractivity contribution in [3.05, 3.63) is 28.8 Å². The van der Waals surface area contributed by atoms with Crippen molar-refractivity contribution in [3.63, 3.8) is 0 Å². The van der Waals surface area contributed by atoms with Gasteiger partial charge in [0, 0.05) is 24.2 Å². The molecule has 0 unspecified atom stereocenters. The minimum absolute atomic E-state index is 0.213. The first-order chi connectivity index (χ1) is 9.86. The largest absolute Gasteiger partial charge is 0.310 e. The Balaban J connectivity index is 2.73. The van der Waals surface area contributed by atoms with E-state index in [1.54, 1.807) is 23.9 Å². The number of benzene rings is 1. The van der Waals surface area contributed by atoms with Crippen LogP contribution >= 0.6 is 23.4 Å². The summed E-state index contributed by atoms with van der Waals surface area (Å²) >= 11 is 7.86. The van der Waals surface area contributed by atoms with Crippen LogP contribution < -0.4 is 10.0 Å². The summed E-state index contributed by atoms with van der Waals surface area (Å²) < 4.78 is 26.9. The number of rotatable bonds is 9. The van der Waals surface area contributed by atoms with Gasteiger partial charge in [-0.25, -0.2) is 13.1 Å². The van der Waals surface area contributed by atoms with E-state index in [9.17, 15) is 8.42 Å². The predicted octanol–water partition coefficient (Wildman–Crippen LogP) is 2.87. The van der Waals surface area contributed by atoms with Crippen LogP contribution in [0.3, 0.4) is 0 Å². The normalized spacial score (nSPS) is 12.0. The number of thioether (sulfide) groups is 1. The lowest BCUT2D eigenvalue weighted by Gasteiger charge is -2.11. The van der Waals surface area contributed by atoms with Crippen LogP contribution in [0.25, 0.3) is 0 Å². The van der Waals surface area contributed by atoms with Crippen molar-refractivity contribution in [2.45, 2.75) is 37.8 Å². The standard InChI is InChI=1S/C14H23ClN2O2S2/c1-11(2)16-10-12-5-6-13(9-14(12)15)21(18,19)17-7-4-8-20-3/h5-6,9,11,16-17H,4,7-8,10H2,1-3H3. The van der Waals surface area contributed by atoms with Gasteiger partial charge in [-0.3, -0.25) is 0 Å². The molecule has 21 heavy (non-hydrogen) atoms. The molecule has 0 fully saturated rings. The molecule has 7 heteroatoms. The Morgan fingerprint density at radius 1 is 1.33 bits per heavy atom. The third kappa shape index (κ3) is 6.57. The first-order valence-electron chi connectivity index (χ1n) is 6.87. The van der Waals surface area contributed by atoms with Crippen LogP contribution in [0, 0.1) is 0 Å². The molecule has 0 bridgehead atoms. The van der Waals surface area contributed by atoms with Crippen molar-refractivity contribution < 1.29 is 8.42 Å². The molecular formula is C14H23ClN2O2S2. The molecular weight excluding hydrogens is 328 g/mol. The molecule has 0 aromatic heterocycles. The maximum Gasteiger partial charge on any atom is 0.240 e. The highest BCUT2D eigenvalue weighted by molar-refractivity contribution is 7.98. The van der Waals surface area contributed by atoms with Crippen LogP contribution in [0.1, 0.15) is 25.8 Å². The second-order valence-corrected chi connectivity index (χ2v) is 8.19. The topological polar surface area (TPSA) is 58.2 Å². The Morgan fingerprint density at radius 2 is 2.05 bits per heavy atom. The van der Waals surface area contributed by atoms with Gasteiger partial charge in [-0.15, -0.1) is 0 Å². The van der Waals surface area contributed by atoms with Gasteiger partial charge in [0.1, 0.15) is 0 Å². The summed E-state index contributed by atoms with van der Waals surface area (Å²) in [6.45, 7) is 5.16. The third-order valence-electron chi connectivity index (χ3n) is 2.85. The number of hydrogen-bond acceptors (Lipinski definition) is 4. The van der Waals surface area contributed by atoms with Crippen molar-refractivity contribution in [2.75, 3.05) is 18.6 Å². The number of hydrogen-bond donors (Lipinski definition) is 2. The second kappa shape index (κ2) is 9.00. The number of nitrogens with one attached hydrogen (secondary N) is 2. The highest BCUT2D eigenvalue weighted by atomic mass is 35.5. The van der Waals surface area contributed by atoms with Crippen LogP contribution in [0.5, 0.6) is 0 Å². The minimum Gasteiger partial charge on any atom is -0.310 e. The average molecular weight is 351 g/mol. The Bertz CT molecular complexity index is 548. The van der Waals surface area contributed by atoms with Crippen LogP contribution in [0.15, 0.2) is 23.1 Å². The predicted molar refractivity (Wildman–Crippen MR) is 91.6 cm³/mol. The molecule has 0 amide bonds. The molecule has 0 aliphatic heterocycles. The smallest absolute Gasteiger partial charge is 0.240 e. The zero-order valence-corrected chi connectivity index (χ0v) is 15.0. The van der Waals surface area contributed by atoms with E-state index in [-0.39, 0.29) is 4.90 Å². The Hall–Kier alpha value is -0.270. The number of halogens is 1. The van der Waals surface area contributed by atoms with Gasteiger partial charge in [-0.2, -0.15) is 11.8 Å². The SMILES string of the molecule is CSCCCNS(=O)(=O)c1ccc(CNC(C)C)c(Cl)c1. The second-order valence-electron chi connectivity index (χ2n) is 5.03. The molecule has 0 saturated heterocycles. The molecule has 1 aromatic carbocycles. The summed E-state index contributed by atoms with van der Waals surface area (Å²) in [7, 11) is -3.48. The quantitative estimate of drug-likeness (QED) is 0.672. The van der Waals surface area contributed by atoms with Crippen molar-refractivity contribution in [1.82, 2.24) is 10.0 Å². The van der Waals surface area contributed by atoms with E-state index in [1.807, 2.05) is 20.1 Å². The van der Waals surface area contributed by atoms with Crippen molar-refractivity contribution >= 4 is 33.4 Å². The summed E-state index contributed by atoms with van der Waals surface area (Å²) in [5, 5.41) is 3.73. The molecule has 0 saturated carbocycles. The fourth-order valence-electron chi connectivity index (χ4n) is 1.66. The zero-order valence-electron chi connectivity index (χ0n) is 12.6. The molecule has 0 aliphatic rings. The minimum atomic E-state index is -3.48. The summed E-state index contributed by atoms with van der Waals surface area (Å²) in [6, 6.07) is 5.21. The van der Waals surface area contributed by atoms with Gasteiger partial charge >= 0.3 is 0 Å². The van der Waals surface area contributed by atoms with Gasteiger partial charge < -0.3 is 5.32 Å². The molecule has 0 spiro atoms. The van der Waals surface area contributed by atoms with Gasteiger partial charge in [0.25, 0.3) is 0 Å². The van der Waals surface area contributed by atoms with Crippen LogP contribution in [0.4, 0.5) is 0 Å². The molecule has 1 aromatic rings. The van der Waals surface area contributed by atoms with Gasteiger partial charge in [0.05, 0.1) is 4.90 Å². The van der Waals surface area contributed by atoms with E-state index in [1.165, 1.54) is 6.07 Å². The molecule has 0 radical (unpaired) electrons. The first kappa shape index (κ1) is 18.8. The maximum absolute atomic E-state index is 12.1. The van der Waals surface area contributed by atoms with E-state index < -0.39 is 10.0 Å². The lowest BCUT2D eigenvalue weighted by Crippen LogP contribution is -2.25. The summed E-state index contributed by atoms with van der Waals surface area (Å²) in [6.07, 6.45) is 2.81.